The van der Waals surface area contributed by atoms with Gasteiger partial charge in [-0.1, -0.05) is 13.8 Å². The number of rotatable bonds is 10. The van der Waals surface area contributed by atoms with Crippen molar-refractivity contribution >= 4 is 27.3 Å². The van der Waals surface area contributed by atoms with E-state index in [0.29, 0.717) is 5.69 Å². The number of carbonyl (C=O) groups is 1. The lowest BCUT2D eigenvalue weighted by molar-refractivity contribution is -0.131. The molecule has 0 bridgehead atoms. The minimum atomic E-state index is -3.45. The van der Waals surface area contributed by atoms with Gasteiger partial charge in [0.15, 0.2) is 0 Å². The average Bonchev–Trinajstić information content (AvgIpc) is 3.15. The molecule has 1 aliphatic heterocycles. The average molecular weight is 396 g/mol. The molecule has 2 rings (SSSR count). The maximum absolute atomic E-state index is 12.5. The summed E-state index contributed by atoms with van der Waals surface area (Å²) in [6.07, 6.45) is 5.60. The summed E-state index contributed by atoms with van der Waals surface area (Å²) in [6.45, 7) is 7.79. The zero-order chi connectivity index (χ0) is 19.9. The largest absolute Gasteiger partial charge is 0.372 e. The molecule has 0 saturated carbocycles. The van der Waals surface area contributed by atoms with Gasteiger partial charge in [-0.05, 0) is 49.9 Å². The van der Waals surface area contributed by atoms with Crippen molar-refractivity contribution in [1.82, 2.24) is 4.90 Å². The van der Waals surface area contributed by atoms with Gasteiger partial charge < -0.3 is 9.80 Å². The fourth-order valence-electron chi connectivity index (χ4n) is 3.55. The Hall–Kier alpha value is -1.76. The molecule has 1 amide bonds. The number of anilines is 2. The zero-order valence-corrected chi connectivity index (χ0v) is 17.7. The highest BCUT2D eigenvalue weighted by Crippen LogP contribution is 2.25. The van der Waals surface area contributed by atoms with Crippen molar-refractivity contribution < 1.29 is 13.2 Å². The van der Waals surface area contributed by atoms with Crippen LogP contribution in [0.15, 0.2) is 24.3 Å². The van der Waals surface area contributed by atoms with Gasteiger partial charge in [0.2, 0.25) is 15.9 Å². The first kappa shape index (κ1) is 21.5. The van der Waals surface area contributed by atoms with Crippen molar-refractivity contribution in [3.05, 3.63) is 24.3 Å². The van der Waals surface area contributed by atoms with Crippen molar-refractivity contribution in [3.8, 4) is 0 Å². The number of amides is 1. The summed E-state index contributed by atoms with van der Waals surface area (Å²) in [5.41, 5.74) is 1.74. The predicted molar refractivity (Wildman–Crippen MR) is 112 cm³/mol. The van der Waals surface area contributed by atoms with Gasteiger partial charge in [0.1, 0.15) is 0 Å². The summed E-state index contributed by atoms with van der Waals surface area (Å²) in [7, 11) is -3.45. The Morgan fingerprint density at radius 3 is 2.04 bits per heavy atom. The summed E-state index contributed by atoms with van der Waals surface area (Å²) in [5.74, 6) is 0.0148. The van der Waals surface area contributed by atoms with E-state index in [2.05, 4.69) is 4.90 Å². The molecule has 27 heavy (non-hydrogen) atoms. The van der Waals surface area contributed by atoms with Gasteiger partial charge in [-0.3, -0.25) is 9.10 Å². The van der Waals surface area contributed by atoms with Crippen LogP contribution in [0.25, 0.3) is 0 Å². The SMILES string of the molecule is CCCN(CCC)C(=O)CCN(c1ccc(N2CCCC2)cc1)S(C)(=O)=O. The summed E-state index contributed by atoms with van der Waals surface area (Å²) in [6, 6.07) is 7.63. The van der Waals surface area contributed by atoms with Gasteiger partial charge >= 0.3 is 0 Å². The standard InChI is InChI=1S/C20H33N3O3S/c1-4-13-22(14-5-2)20(24)12-17-23(27(3,25)26)19-10-8-18(9-11-19)21-15-6-7-16-21/h8-11H,4-7,12-17H2,1-3H3. The van der Waals surface area contributed by atoms with E-state index >= 15 is 0 Å². The molecule has 0 aromatic heterocycles. The van der Waals surface area contributed by atoms with Crippen molar-refractivity contribution in [3.63, 3.8) is 0 Å². The highest BCUT2D eigenvalue weighted by atomic mass is 32.2. The van der Waals surface area contributed by atoms with Crippen LogP contribution in [0.5, 0.6) is 0 Å². The molecule has 0 atom stereocenters. The van der Waals surface area contributed by atoms with Crippen LogP contribution < -0.4 is 9.21 Å². The van der Waals surface area contributed by atoms with Crippen LogP contribution in [-0.4, -0.2) is 58.2 Å². The van der Waals surface area contributed by atoms with Crippen LogP contribution in [0, 0.1) is 0 Å². The number of carbonyl (C=O) groups excluding carboxylic acids is 1. The third-order valence-electron chi connectivity index (χ3n) is 4.88. The maximum atomic E-state index is 12.5. The van der Waals surface area contributed by atoms with Gasteiger partial charge in [-0.25, -0.2) is 8.42 Å². The van der Waals surface area contributed by atoms with Crippen molar-refractivity contribution in [1.29, 1.82) is 0 Å². The minimum Gasteiger partial charge on any atom is -0.372 e. The number of nitrogens with zero attached hydrogens (tertiary/aromatic N) is 3. The van der Waals surface area contributed by atoms with E-state index in [-0.39, 0.29) is 18.9 Å². The van der Waals surface area contributed by atoms with E-state index in [1.807, 2.05) is 43.0 Å². The van der Waals surface area contributed by atoms with Crippen LogP contribution >= 0.6 is 0 Å². The molecule has 0 N–H and O–H groups in total. The van der Waals surface area contributed by atoms with E-state index in [1.54, 1.807) is 0 Å². The summed E-state index contributed by atoms with van der Waals surface area (Å²) < 4.78 is 25.9. The van der Waals surface area contributed by atoms with Gasteiger partial charge in [0.25, 0.3) is 0 Å². The predicted octanol–water partition coefficient (Wildman–Crippen LogP) is 3.09. The molecular formula is C20H33N3O3S. The lowest BCUT2D eigenvalue weighted by Crippen LogP contribution is -2.37. The Bertz CT molecular complexity index is 692. The Morgan fingerprint density at radius 1 is 1.00 bits per heavy atom. The molecular weight excluding hydrogens is 362 g/mol. The summed E-state index contributed by atoms with van der Waals surface area (Å²) >= 11 is 0. The molecule has 0 aliphatic carbocycles. The highest BCUT2D eigenvalue weighted by Gasteiger charge is 2.21. The Labute approximate surface area is 164 Å². The normalized spacial score (nSPS) is 14.4. The van der Waals surface area contributed by atoms with Gasteiger partial charge in [-0.2, -0.15) is 0 Å². The molecule has 0 unspecified atom stereocenters. The first-order valence-electron chi connectivity index (χ1n) is 9.97. The molecule has 0 spiro atoms. The second-order valence-corrected chi connectivity index (χ2v) is 9.08. The van der Waals surface area contributed by atoms with Gasteiger partial charge in [0.05, 0.1) is 11.9 Å². The maximum Gasteiger partial charge on any atom is 0.232 e. The fourth-order valence-corrected chi connectivity index (χ4v) is 4.48. The number of benzene rings is 1. The Kier molecular flexibility index (Phi) is 7.95. The van der Waals surface area contributed by atoms with E-state index in [4.69, 9.17) is 0 Å². The fraction of sp³-hybridized carbons (Fsp3) is 0.650. The summed E-state index contributed by atoms with van der Waals surface area (Å²) in [5, 5.41) is 0. The summed E-state index contributed by atoms with van der Waals surface area (Å²) in [4.78, 5) is 16.7. The van der Waals surface area contributed by atoms with E-state index < -0.39 is 10.0 Å². The van der Waals surface area contributed by atoms with Crippen molar-refractivity contribution in [2.75, 3.05) is 48.2 Å². The second kappa shape index (κ2) is 9.97. The molecule has 1 fully saturated rings. The lowest BCUT2D eigenvalue weighted by Gasteiger charge is -2.26. The highest BCUT2D eigenvalue weighted by molar-refractivity contribution is 7.92. The monoisotopic (exact) mass is 395 g/mol. The van der Waals surface area contributed by atoms with Crippen LogP contribution in [-0.2, 0) is 14.8 Å². The third-order valence-corrected chi connectivity index (χ3v) is 6.07. The van der Waals surface area contributed by atoms with Crippen molar-refractivity contribution in [2.24, 2.45) is 0 Å². The van der Waals surface area contributed by atoms with E-state index in [9.17, 15) is 13.2 Å². The Balaban J connectivity index is 2.08. The zero-order valence-electron chi connectivity index (χ0n) is 16.9. The Morgan fingerprint density at radius 2 is 1.56 bits per heavy atom. The quantitative estimate of drug-likeness (QED) is 0.611. The number of sulfonamides is 1. The topological polar surface area (TPSA) is 60.9 Å². The molecule has 1 aromatic carbocycles. The lowest BCUT2D eigenvalue weighted by atomic mass is 10.2. The molecule has 1 aromatic rings. The third kappa shape index (κ3) is 6.13. The van der Waals surface area contributed by atoms with E-state index in [1.165, 1.54) is 23.4 Å². The molecule has 7 heteroatoms. The van der Waals surface area contributed by atoms with Crippen LogP contribution in [0.2, 0.25) is 0 Å². The molecule has 1 aliphatic rings. The smallest absolute Gasteiger partial charge is 0.232 e. The van der Waals surface area contributed by atoms with Crippen LogP contribution in [0.4, 0.5) is 11.4 Å². The van der Waals surface area contributed by atoms with Gasteiger partial charge in [0, 0.05) is 44.8 Å². The molecule has 1 heterocycles. The first-order valence-corrected chi connectivity index (χ1v) is 11.8. The molecule has 0 radical (unpaired) electrons. The first-order chi connectivity index (χ1) is 12.9. The van der Waals surface area contributed by atoms with Crippen LogP contribution in [0.1, 0.15) is 46.0 Å². The minimum absolute atomic E-state index is 0.0148. The second-order valence-electron chi connectivity index (χ2n) is 7.18. The number of hydrogen-bond acceptors (Lipinski definition) is 4. The molecule has 6 nitrogen and oxygen atoms in total. The molecule has 1 saturated heterocycles. The van der Waals surface area contributed by atoms with E-state index in [0.717, 1.165) is 44.7 Å². The van der Waals surface area contributed by atoms with Gasteiger partial charge in [-0.15, -0.1) is 0 Å². The van der Waals surface area contributed by atoms with Crippen LogP contribution in [0.3, 0.4) is 0 Å². The molecule has 152 valence electrons. The number of hydrogen-bond donors (Lipinski definition) is 0. The van der Waals surface area contributed by atoms with Crippen molar-refractivity contribution in [2.45, 2.75) is 46.0 Å².